The molecular formula is C7H7NaO4S. The first-order valence-electron chi connectivity index (χ1n) is 3.17. The van der Waals surface area contributed by atoms with Gasteiger partial charge in [0.05, 0.1) is 0 Å². The molecule has 2 N–H and O–H groups in total. The average molecular weight is 210 g/mol. The molecule has 0 amide bonds. The van der Waals surface area contributed by atoms with Crippen molar-refractivity contribution in [1.82, 2.24) is 0 Å². The van der Waals surface area contributed by atoms with E-state index < -0.39 is 5.44 Å². The number of aromatic hydroxyl groups is 1. The first kappa shape index (κ1) is 13.2. The summed E-state index contributed by atoms with van der Waals surface area (Å²) >= 11 is 0.339. The summed E-state index contributed by atoms with van der Waals surface area (Å²) in [5.74, 6) is -0.0606. The number of aliphatic hydroxyl groups excluding tert-OH is 1. The molecule has 1 rings (SSSR count). The molecular weight excluding hydrogens is 203 g/mol. The van der Waals surface area contributed by atoms with Crippen LogP contribution in [0.5, 0.6) is 5.75 Å². The maximum absolute atomic E-state index is 9.65. The van der Waals surface area contributed by atoms with Gasteiger partial charge in [0.1, 0.15) is 5.75 Å². The number of phenolic OH excluding ortho intramolecular Hbond substituents is 1. The number of rotatable bonds is 3. The van der Waals surface area contributed by atoms with Gasteiger partial charge in [-0.2, -0.15) is 0 Å². The molecule has 0 saturated carbocycles. The minimum atomic E-state index is -1.15. The van der Waals surface area contributed by atoms with Gasteiger partial charge in [-0.05, 0) is 6.07 Å². The molecule has 1 atom stereocenters. The van der Waals surface area contributed by atoms with Gasteiger partial charge in [0.2, 0.25) is 0 Å². The van der Waals surface area contributed by atoms with E-state index in [4.69, 9.17) is 0 Å². The van der Waals surface area contributed by atoms with E-state index in [2.05, 4.69) is 4.33 Å². The number of hydrogen-bond donors (Lipinski definition) is 2. The fraction of sp³-hybridized carbons (Fsp3) is 0.143. The van der Waals surface area contributed by atoms with Crippen molar-refractivity contribution in [2.75, 3.05) is 0 Å². The van der Waals surface area contributed by atoms with Crippen LogP contribution in [-0.2, 0) is 4.33 Å². The second-order valence-corrected chi connectivity index (χ2v) is 2.85. The number of aliphatic hydroxyl groups is 1. The van der Waals surface area contributed by atoms with Crippen molar-refractivity contribution in [1.29, 1.82) is 0 Å². The molecule has 0 radical (unpaired) electrons. The van der Waals surface area contributed by atoms with Crippen LogP contribution >= 0.6 is 12.0 Å². The van der Waals surface area contributed by atoms with Gasteiger partial charge in [-0.15, -0.1) is 0 Å². The van der Waals surface area contributed by atoms with E-state index in [1.54, 1.807) is 12.1 Å². The Morgan fingerprint density at radius 2 is 2.00 bits per heavy atom. The molecule has 0 aliphatic rings. The Morgan fingerprint density at radius 1 is 1.38 bits per heavy atom. The van der Waals surface area contributed by atoms with E-state index in [9.17, 15) is 15.5 Å². The Bertz CT molecular complexity index is 258. The maximum atomic E-state index is 9.65. The van der Waals surface area contributed by atoms with Crippen LogP contribution in [0.3, 0.4) is 0 Å². The van der Waals surface area contributed by atoms with Gasteiger partial charge >= 0.3 is 29.6 Å². The molecule has 13 heavy (non-hydrogen) atoms. The Hall–Kier alpha value is 0.250. The van der Waals surface area contributed by atoms with E-state index in [1.165, 1.54) is 12.1 Å². The van der Waals surface area contributed by atoms with Crippen LogP contribution in [0.25, 0.3) is 0 Å². The monoisotopic (exact) mass is 210 g/mol. The van der Waals surface area contributed by atoms with E-state index in [-0.39, 0.29) is 40.9 Å². The molecule has 0 bridgehead atoms. The summed E-state index contributed by atoms with van der Waals surface area (Å²) < 4.78 is 3.42. The van der Waals surface area contributed by atoms with Crippen LogP contribution in [0.1, 0.15) is 11.0 Å². The summed E-state index contributed by atoms with van der Waals surface area (Å²) in [4.78, 5) is 0. The molecule has 0 heterocycles. The largest absolute Gasteiger partial charge is 1.00 e. The summed E-state index contributed by atoms with van der Waals surface area (Å²) in [6, 6.07) is 6.19. The summed E-state index contributed by atoms with van der Waals surface area (Å²) in [5.41, 5.74) is -0.887. The van der Waals surface area contributed by atoms with Crippen molar-refractivity contribution in [3.8, 4) is 5.75 Å². The van der Waals surface area contributed by atoms with Gasteiger partial charge in [0.15, 0.2) is 5.44 Å². The summed E-state index contributed by atoms with van der Waals surface area (Å²) in [7, 11) is 0. The van der Waals surface area contributed by atoms with Crippen LogP contribution in [-0.4, -0.2) is 10.2 Å². The second kappa shape index (κ2) is 6.67. The van der Waals surface area contributed by atoms with Gasteiger partial charge in [0, 0.05) is 17.6 Å². The van der Waals surface area contributed by atoms with E-state index in [0.717, 1.165) is 0 Å². The molecule has 6 heteroatoms. The Kier molecular flexibility index (Phi) is 6.79. The molecule has 0 aromatic heterocycles. The fourth-order valence-corrected chi connectivity index (χ4v) is 1.16. The van der Waals surface area contributed by atoms with E-state index in [0.29, 0.717) is 12.0 Å². The van der Waals surface area contributed by atoms with Crippen molar-refractivity contribution in [2.45, 2.75) is 5.44 Å². The Morgan fingerprint density at radius 3 is 2.54 bits per heavy atom. The van der Waals surface area contributed by atoms with Crippen LogP contribution in [0, 0.1) is 0 Å². The smallest absolute Gasteiger partial charge is 0.710 e. The Labute approximate surface area is 102 Å². The van der Waals surface area contributed by atoms with Gasteiger partial charge in [-0.1, -0.05) is 18.2 Å². The second-order valence-electron chi connectivity index (χ2n) is 2.08. The Balaban J connectivity index is 0.00000144. The van der Waals surface area contributed by atoms with E-state index >= 15 is 0 Å². The first-order valence-corrected chi connectivity index (χ1v) is 3.97. The first-order chi connectivity index (χ1) is 5.75. The van der Waals surface area contributed by atoms with Crippen molar-refractivity contribution in [2.24, 2.45) is 0 Å². The number of hydrogen-bond acceptors (Lipinski definition) is 5. The predicted molar refractivity (Wildman–Crippen MR) is 41.7 cm³/mol. The number of phenols is 1. The van der Waals surface area contributed by atoms with Crippen LogP contribution in [0.2, 0.25) is 0 Å². The van der Waals surface area contributed by atoms with Gasteiger partial charge < -0.3 is 19.8 Å². The molecule has 1 unspecified atom stereocenters. The normalized spacial score (nSPS) is 11.8. The zero-order chi connectivity index (χ0) is 8.97. The number of para-hydroxylation sites is 1. The van der Waals surface area contributed by atoms with Gasteiger partial charge in [0.25, 0.3) is 0 Å². The topological polar surface area (TPSA) is 72.8 Å². The van der Waals surface area contributed by atoms with Crippen molar-refractivity contribution < 1.29 is 49.4 Å². The quantitative estimate of drug-likeness (QED) is 0.187. The molecule has 0 aliphatic heterocycles. The zero-order valence-electron chi connectivity index (χ0n) is 7.01. The van der Waals surface area contributed by atoms with Crippen molar-refractivity contribution >= 4 is 12.0 Å². The zero-order valence-corrected chi connectivity index (χ0v) is 9.82. The van der Waals surface area contributed by atoms with Crippen molar-refractivity contribution in [3.63, 3.8) is 0 Å². The third kappa shape index (κ3) is 3.86. The van der Waals surface area contributed by atoms with Crippen LogP contribution < -0.4 is 34.8 Å². The SMILES string of the molecule is [Na+].[O-]OSC(O)c1ccccc1O. The molecule has 1 aromatic carbocycles. The molecule has 0 spiro atoms. The van der Waals surface area contributed by atoms with E-state index in [1.807, 2.05) is 0 Å². The van der Waals surface area contributed by atoms with Gasteiger partial charge in [-0.25, -0.2) is 0 Å². The molecule has 0 fully saturated rings. The maximum Gasteiger partial charge on any atom is 1.00 e. The molecule has 0 saturated heterocycles. The standard InChI is InChI=1S/C7H8O4S.Na/c8-6-4-2-1-3-5(6)7(9)12-11-10;/h1-4,7-10H;/q;+1/p-1. The third-order valence-electron chi connectivity index (χ3n) is 1.33. The summed E-state index contributed by atoms with van der Waals surface area (Å²) in [6.07, 6.45) is 0. The minimum Gasteiger partial charge on any atom is -0.710 e. The third-order valence-corrected chi connectivity index (χ3v) is 1.85. The summed E-state index contributed by atoms with van der Waals surface area (Å²) in [5, 5.41) is 28.0. The van der Waals surface area contributed by atoms with Crippen LogP contribution in [0.4, 0.5) is 0 Å². The van der Waals surface area contributed by atoms with Crippen LogP contribution in [0.15, 0.2) is 24.3 Å². The molecule has 1 aromatic rings. The van der Waals surface area contributed by atoms with Gasteiger partial charge in [-0.3, -0.25) is 0 Å². The van der Waals surface area contributed by atoms with Crippen molar-refractivity contribution in [3.05, 3.63) is 29.8 Å². The number of benzene rings is 1. The fourth-order valence-electron chi connectivity index (χ4n) is 0.785. The molecule has 4 nitrogen and oxygen atoms in total. The molecule has 66 valence electrons. The average Bonchev–Trinajstić information content (AvgIpc) is 2.05. The minimum absolute atomic E-state index is 0. The molecule has 0 aliphatic carbocycles. The predicted octanol–water partition coefficient (Wildman–Crippen LogP) is -2.67. The summed E-state index contributed by atoms with van der Waals surface area (Å²) in [6.45, 7) is 0.